The smallest absolute Gasteiger partial charge is 0.259 e. The monoisotopic (exact) mass is 378 g/mol. The number of aromatic nitrogens is 3. The minimum atomic E-state index is 0.0300. The summed E-state index contributed by atoms with van der Waals surface area (Å²) in [6.07, 6.45) is 4.46. The summed E-state index contributed by atoms with van der Waals surface area (Å²) in [6, 6.07) is 10.2. The van der Waals surface area contributed by atoms with Crippen LogP contribution < -0.4 is 5.56 Å². The number of H-pyrrole nitrogens is 1. The predicted molar refractivity (Wildman–Crippen MR) is 110 cm³/mol. The number of hydrogen-bond donors (Lipinski definition) is 1. The van der Waals surface area contributed by atoms with E-state index in [4.69, 9.17) is 4.98 Å². The SMILES string of the molecule is Cc1csc2nc(CN3CCC(c4c[nH]c5ccccc45)CC3)cc(=O)n12. The molecule has 1 aliphatic heterocycles. The maximum absolute atomic E-state index is 12.4. The highest BCUT2D eigenvalue weighted by molar-refractivity contribution is 7.15. The highest BCUT2D eigenvalue weighted by atomic mass is 32.1. The standard InChI is InChI=1S/C21H22N4OS/c1-14-13-27-21-23-16(10-20(26)25(14)21)12-24-8-6-15(7-9-24)18-11-22-19-5-3-2-4-17(18)19/h2-5,10-11,13,15,22H,6-9,12H2,1H3. The van der Waals surface area contributed by atoms with Crippen LogP contribution in [0.3, 0.4) is 0 Å². The van der Waals surface area contributed by atoms with Crippen molar-refractivity contribution in [1.82, 2.24) is 19.3 Å². The van der Waals surface area contributed by atoms with E-state index in [9.17, 15) is 4.79 Å². The first-order chi connectivity index (χ1) is 13.2. The second-order valence-electron chi connectivity index (χ2n) is 7.42. The molecule has 0 unspecified atom stereocenters. The first-order valence-electron chi connectivity index (χ1n) is 9.44. The van der Waals surface area contributed by atoms with Gasteiger partial charge in [-0.15, -0.1) is 11.3 Å². The van der Waals surface area contributed by atoms with Gasteiger partial charge in [0.1, 0.15) is 0 Å². The van der Waals surface area contributed by atoms with Crippen molar-refractivity contribution in [1.29, 1.82) is 0 Å². The summed E-state index contributed by atoms with van der Waals surface area (Å²) in [4.78, 5) is 23.7. The van der Waals surface area contributed by atoms with E-state index in [1.807, 2.05) is 12.3 Å². The summed E-state index contributed by atoms with van der Waals surface area (Å²) in [6.45, 7) is 4.77. The maximum atomic E-state index is 12.4. The predicted octanol–water partition coefficient (Wildman–Crippen LogP) is 3.93. The Labute approximate surface area is 161 Å². The van der Waals surface area contributed by atoms with Crippen molar-refractivity contribution in [2.75, 3.05) is 13.1 Å². The quantitative estimate of drug-likeness (QED) is 0.588. The number of benzene rings is 1. The van der Waals surface area contributed by atoms with Crippen molar-refractivity contribution in [3.05, 3.63) is 69.2 Å². The number of nitrogens with zero attached hydrogens (tertiary/aromatic N) is 3. The molecule has 27 heavy (non-hydrogen) atoms. The largest absolute Gasteiger partial charge is 0.361 e. The summed E-state index contributed by atoms with van der Waals surface area (Å²) < 4.78 is 1.69. The number of rotatable bonds is 3. The lowest BCUT2D eigenvalue weighted by molar-refractivity contribution is 0.203. The van der Waals surface area contributed by atoms with E-state index >= 15 is 0 Å². The molecule has 5 nitrogen and oxygen atoms in total. The van der Waals surface area contributed by atoms with Crippen LogP contribution in [0.5, 0.6) is 0 Å². The van der Waals surface area contributed by atoms with E-state index in [0.717, 1.165) is 48.8 Å². The zero-order chi connectivity index (χ0) is 18.4. The topological polar surface area (TPSA) is 53.4 Å². The zero-order valence-corrected chi connectivity index (χ0v) is 16.1. The molecule has 4 heterocycles. The number of nitrogens with one attached hydrogen (secondary N) is 1. The van der Waals surface area contributed by atoms with Crippen LogP contribution in [0.25, 0.3) is 15.9 Å². The van der Waals surface area contributed by atoms with Crippen LogP contribution in [0.15, 0.2) is 46.7 Å². The molecule has 138 valence electrons. The second-order valence-corrected chi connectivity index (χ2v) is 8.26. The van der Waals surface area contributed by atoms with E-state index in [2.05, 4.69) is 40.3 Å². The van der Waals surface area contributed by atoms with Crippen LogP contribution in [-0.2, 0) is 6.54 Å². The molecule has 6 heteroatoms. The number of likely N-dealkylation sites (tertiary alicyclic amines) is 1. The summed E-state index contributed by atoms with van der Waals surface area (Å²) in [5.41, 5.74) is 4.53. The van der Waals surface area contributed by atoms with Crippen molar-refractivity contribution in [3.63, 3.8) is 0 Å². The zero-order valence-electron chi connectivity index (χ0n) is 15.3. The first kappa shape index (κ1) is 16.7. The second kappa shape index (κ2) is 6.62. The van der Waals surface area contributed by atoms with Gasteiger partial charge in [0, 0.05) is 40.8 Å². The van der Waals surface area contributed by atoms with Gasteiger partial charge in [-0.05, 0) is 50.4 Å². The van der Waals surface area contributed by atoms with Crippen LogP contribution in [0.1, 0.15) is 35.7 Å². The molecule has 1 fully saturated rings. The molecule has 0 amide bonds. The van der Waals surface area contributed by atoms with Crippen molar-refractivity contribution in [2.24, 2.45) is 0 Å². The molecule has 1 N–H and O–H groups in total. The van der Waals surface area contributed by atoms with E-state index in [1.165, 1.54) is 27.8 Å². The average Bonchev–Trinajstić information content (AvgIpc) is 3.27. The van der Waals surface area contributed by atoms with Crippen LogP contribution in [0, 0.1) is 6.92 Å². The molecule has 0 aliphatic carbocycles. The van der Waals surface area contributed by atoms with Crippen molar-refractivity contribution in [3.8, 4) is 0 Å². The number of hydrogen-bond acceptors (Lipinski definition) is 4. The third-order valence-electron chi connectivity index (χ3n) is 5.66. The van der Waals surface area contributed by atoms with Gasteiger partial charge in [0.15, 0.2) is 4.96 Å². The Morgan fingerprint density at radius 3 is 2.93 bits per heavy atom. The van der Waals surface area contributed by atoms with Crippen LogP contribution in [-0.4, -0.2) is 32.4 Å². The van der Waals surface area contributed by atoms with E-state index < -0.39 is 0 Å². The summed E-state index contributed by atoms with van der Waals surface area (Å²) in [5.74, 6) is 0.596. The molecule has 1 aliphatic rings. The van der Waals surface area contributed by atoms with Gasteiger partial charge in [-0.1, -0.05) is 18.2 Å². The first-order valence-corrected chi connectivity index (χ1v) is 10.3. The molecule has 4 aromatic rings. The molecule has 0 atom stereocenters. The molecule has 1 aromatic carbocycles. The van der Waals surface area contributed by atoms with Gasteiger partial charge in [-0.2, -0.15) is 0 Å². The average molecular weight is 379 g/mol. The Kier molecular flexibility index (Phi) is 4.10. The number of aryl methyl sites for hydroxylation is 1. The fourth-order valence-electron chi connectivity index (χ4n) is 4.24. The molecule has 5 rings (SSSR count). The maximum Gasteiger partial charge on any atom is 0.259 e. The van der Waals surface area contributed by atoms with Gasteiger partial charge in [-0.25, -0.2) is 4.98 Å². The van der Waals surface area contributed by atoms with Gasteiger partial charge in [0.05, 0.1) is 5.69 Å². The highest BCUT2D eigenvalue weighted by Gasteiger charge is 2.23. The molecule has 0 saturated carbocycles. The minimum absolute atomic E-state index is 0.0300. The fourth-order valence-corrected chi connectivity index (χ4v) is 5.14. The number of aromatic amines is 1. The van der Waals surface area contributed by atoms with Crippen molar-refractivity contribution < 1.29 is 0 Å². The van der Waals surface area contributed by atoms with E-state index in [1.54, 1.807) is 10.5 Å². The Hall–Kier alpha value is -2.44. The number of fused-ring (bicyclic) bond motifs is 2. The molecule has 0 spiro atoms. The summed E-state index contributed by atoms with van der Waals surface area (Å²) >= 11 is 1.53. The minimum Gasteiger partial charge on any atom is -0.361 e. The lowest BCUT2D eigenvalue weighted by Gasteiger charge is -2.31. The number of para-hydroxylation sites is 1. The van der Waals surface area contributed by atoms with Gasteiger partial charge in [0.2, 0.25) is 0 Å². The van der Waals surface area contributed by atoms with Crippen LogP contribution >= 0.6 is 11.3 Å². The molecule has 3 aromatic heterocycles. The lowest BCUT2D eigenvalue weighted by Crippen LogP contribution is -2.33. The third kappa shape index (κ3) is 2.99. The Bertz CT molecular complexity index is 1160. The molecule has 0 radical (unpaired) electrons. The molecular weight excluding hydrogens is 356 g/mol. The summed E-state index contributed by atoms with van der Waals surface area (Å²) in [7, 11) is 0. The third-order valence-corrected chi connectivity index (χ3v) is 6.61. The van der Waals surface area contributed by atoms with Gasteiger partial charge >= 0.3 is 0 Å². The van der Waals surface area contributed by atoms with Crippen molar-refractivity contribution in [2.45, 2.75) is 32.2 Å². The Balaban J connectivity index is 1.30. The summed E-state index contributed by atoms with van der Waals surface area (Å²) in [5, 5.41) is 3.34. The normalized spacial score (nSPS) is 16.5. The van der Waals surface area contributed by atoms with E-state index in [-0.39, 0.29) is 5.56 Å². The van der Waals surface area contributed by atoms with Gasteiger partial charge < -0.3 is 4.98 Å². The van der Waals surface area contributed by atoms with E-state index in [0.29, 0.717) is 5.92 Å². The molecule has 0 bridgehead atoms. The lowest BCUT2D eigenvalue weighted by atomic mass is 9.89. The highest BCUT2D eigenvalue weighted by Crippen LogP contribution is 2.33. The van der Waals surface area contributed by atoms with Crippen LogP contribution in [0.4, 0.5) is 0 Å². The molecule has 1 saturated heterocycles. The Morgan fingerprint density at radius 1 is 1.26 bits per heavy atom. The number of piperidine rings is 1. The van der Waals surface area contributed by atoms with Crippen LogP contribution in [0.2, 0.25) is 0 Å². The Morgan fingerprint density at radius 2 is 2.07 bits per heavy atom. The van der Waals surface area contributed by atoms with Gasteiger partial charge in [0.25, 0.3) is 5.56 Å². The van der Waals surface area contributed by atoms with Gasteiger partial charge in [-0.3, -0.25) is 14.1 Å². The van der Waals surface area contributed by atoms with Crippen molar-refractivity contribution >= 4 is 27.2 Å². The fraction of sp³-hybridized carbons (Fsp3) is 0.333. The molecular formula is C21H22N4OS. The number of thiazole rings is 1.